The molecule has 0 fully saturated rings. The lowest BCUT2D eigenvalue weighted by molar-refractivity contribution is 0.0345. The molecule has 114 valence electrons. The predicted molar refractivity (Wildman–Crippen MR) is 77.2 cm³/mol. The summed E-state index contributed by atoms with van der Waals surface area (Å²) in [6.07, 6.45) is 1.18. The quantitative estimate of drug-likeness (QED) is 0.807. The van der Waals surface area contributed by atoms with Crippen molar-refractivity contribution in [1.82, 2.24) is 16.0 Å². The molecule has 0 aliphatic carbocycles. The fraction of sp³-hybridized carbons (Fsp3) is 0.357. The summed E-state index contributed by atoms with van der Waals surface area (Å²) in [6.45, 7) is 14.1. The molecule has 0 aliphatic heterocycles. The van der Waals surface area contributed by atoms with Crippen LogP contribution in [0.2, 0.25) is 0 Å². The van der Waals surface area contributed by atoms with Crippen molar-refractivity contribution < 1.29 is 18.9 Å². The van der Waals surface area contributed by atoms with Crippen LogP contribution in [-0.4, -0.2) is 22.6 Å². The minimum atomic E-state index is -0.812. The lowest BCUT2D eigenvalue weighted by Gasteiger charge is -2.19. The molecule has 0 bridgehead atoms. The minimum absolute atomic E-state index is 0.0846. The van der Waals surface area contributed by atoms with Gasteiger partial charge in [-0.2, -0.15) is 0 Å². The Hall–Kier alpha value is -2.57. The predicted octanol–water partition coefficient (Wildman–Crippen LogP) is 2.04. The van der Waals surface area contributed by atoms with E-state index < -0.39 is 17.4 Å². The van der Waals surface area contributed by atoms with Crippen LogP contribution in [0.3, 0.4) is 0 Å². The SMILES string of the molecule is C=CNOC(=O)c1c(C(=C)C)noc1C(=O)NC(C)(C)C. The Morgan fingerprint density at radius 1 is 1.38 bits per heavy atom. The van der Waals surface area contributed by atoms with E-state index in [4.69, 9.17) is 9.36 Å². The molecular weight excluding hydrogens is 274 g/mol. The Morgan fingerprint density at radius 2 is 2.00 bits per heavy atom. The van der Waals surface area contributed by atoms with Gasteiger partial charge in [0.05, 0.1) is 0 Å². The second kappa shape index (κ2) is 6.25. The molecule has 2 N–H and O–H groups in total. The summed E-state index contributed by atoms with van der Waals surface area (Å²) < 4.78 is 4.99. The first-order chi connectivity index (χ1) is 9.67. The van der Waals surface area contributed by atoms with Crippen molar-refractivity contribution >= 4 is 17.4 Å². The van der Waals surface area contributed by atoms with E-state index in [-0.39, 0.29) is 17.0 Å². The molecule has 1 rings (SSSR count). The molecule has 1 aromatic heterocycles. The minimum Gasteiger partial charge on any atom is -0.349 e. The molecule has 0 saturated carbocycles. The first kappa shape index (κ1) is 16.5. The number of hydrogen-bond donors (Lipinski definition) is 2. The topological polar surface area (TPSA) is 93.5 Å². The second-order valence-corrected chi connectivity index (χ2v) is 5.43. The van der Waals surface area contributed by atoms with E-state index in [0.717, 1.165) is 0 Å². The van der Waals surface area contributed by atoms with E-state index in [1.165, 1.54) is 6.20 Å². The largest absolute Gasteiger partial charge is 0.369 e. The summed E-state index contributed by atoms with van der Waals surface area (Å²) >= 11 is 0. The van der Waals surface area contributed by atoms with Gasteiger partial charge in [0.15, 0.2) is 0 Å². The van der Waals surface area contributed by atoms with Gasteiger partial charge in [-0.3, -0.25) is 4.79 Å². The molecule has 7 nitrogen and oxygen atoms in total. The second-order valence-electron chi connectivity index (χ2n) is 5.43. The average molecular weight is 293 g/mol. The third kappa shape index (κ3) is 4.20. The molecule has 0 radical (unpaired) electrons. The molecular formula is C14H19N3O4. The number of nitrogens with zero attached hydrogens (tertiary/aromatic N) is 1. The van der Waals surface area contributed by atoms with E-state index >= 15 is 0 Å². The smallest absolute Gasteiger partial charge is 0.349 e. The number of hydrogen-bond acceptors (Lipinski definition) is 6. The van der Waals surface area contributed by atoms with Gasteiger partial charge in [-0.1, -0.05) is 18.3 Å². The number of aromatic nitrogens is 1. The van der Waals surface area contributed by atoms with Gasteiger partial charge in [0.2, 0.25) is 5.76 Å². The van der Waals surface area contributed by atoms with Crippen molar-refractivity contribution in [3.8, 4) is 0 Å². The van der Waals surface area contributed by atoms with Crippen molar-refractivity contribution in [3.05, 3.63) is 36.4 Å². The zero-order chi connectivity index (χ0) is 16.2. The van der Waals surface area contributed by atoms with Crippen LogP contribution in [0.15, 0.2) is 23.9 Å². The monoisotopic (exact) mass is 293 g/mol. The molecule has 0 saturated heterocycles. The number of carbonyl (C=O) groups excluding carboxylic acids is 2. The van der Waals surface area contributed by atoms with E-state index in [0.29, 0.717) is 5.57 Å². The standard InChI is InChI=1S/C14H19N3O4/c1-7-15-21-13(19)9-10(8(2)3)17-20-11(9)12(18)16-14(4,5)6/h7,15H,1-2H2,3-6H3,(H,16,18). The van der Waals surface area contributed by atoms with Gasteiger partial charge in [0, 0.05) is 11.7 Å². The first-order valence-corrected chi connectivity index (χ1v) is 6.23. The number of rotatable bonds is 5. The summed E-state index contributed by atoms with van der Waals surface area (Å²) in [6, 6.07) is 0. The van der Waals surface area contributed by atoms with Crippen LogP contribution in [-0.2, 0) is 4.84 Å². The lowest BCUT2D eigenvalue weighted by Crippen LogP contribution is -2.41. The summed E-state index contributed by atoms with van der Waals surface area (Å²) in [5.74, 6) is -1.60. The van der Waals surface area contributed by atoms with Gasteiger partial charge in [0.1, 0.15) is 11.3 Å². The molecule has 0 aliphatic rings. The summed E-state index contributed by atoms with van der Waals surface area (Å²) in [4.78, 5) is 28.9. The van der Waals surface area contributed by atoms with Crippen LogP contribution in [0.5, 0.6) is 0 Å². The van der Waals surface area contributed by atoms with Gasteiger partial charge in [-0.25, -0.2) is 10.3 Å². The van der Waals surface area contributed by atoms with Gasteiger partial charge in [-0.05, 0) is 33.3 Å². The number of hydroxylamine groups is 1. The molecule has 0 atom stereocenters. The highest BCUT2D eigenvalue weighted by molar-refractivity contribution is 6.05. The summed E-state index contributed by atoms with van der Waals surface area (Å²) in [7, 11) is 0. The molecule has 7 heteroatoms. The molecule has 0 aromatic carbocycles. The third-order valence-corrected chi connectivity index (χ3v) is 2.23. The van der Waals surface area contributed by atoms with Crippen molar-refractivity contribution in [1.29, 1.82) is 0 Å². The number of nitrogens with one attached hydrogen (secondary N) is 2. The summed E-state index contributed by atoms with van der Waals surface area (Å²) in [5, 5.41) is 6.39. The maximum absolute atomic E-state index is 12.2. The fourth-order valence-electron chi connectivity index (χ4n) is 1.47. The van der Waals surface area contributed by atoms with Crippen LogP contribution >= 0.6 is 0 Å². The Labute approximate surface area is 123 Å². The maximum atomic E-state index is 12.2. The number of amides is 1. The highest BCUT2D eigenvalue weighted by Crippen LogP contribution is 2.22. The van der Waals surface area contributed by atoms with E-state index in [1.807, 2.05) is 0 Å². The van der Waals surface area contributed by atoms with Gasteiger partial charge >= 0.3 is 5.97 Å². The zero-order valence-electron chi connectivity index (χ0n) is 12.6. The van der Waals surface area contributed by atoms with Crippen molar-refractivity contribution in [2.75, 3.05) is 0 Å². The normalized spacial score (nSPS) is 10.7. The number of allylic oxidation sites excluding steroid dienone is 1. The van der Waals surface area contributed by atoms with Gasteiger partial charge in [-0.15, -0.1) is 0 Å². The van der Waals surface area contributed by atoms with E-state index in [1.54, 1.807) is 27.7 Å². The Balaban J connectivity index is 3.21. The van der Waals surface area contributed by atoms with Crippen LogP contribution < -0.4 is 10.8 Å². The summed E-state index contributed by atoms with van der Waals surface area (Å²) in [5.41, 5.74) is 2.27. The van der Waals surface area contributed by atoms with Crippen LogP contribution in [0.25, 0.3) is 5.57 Å². The van der Waals surface area contributed by atoms with Crippen molar-refractivity contribution in [3.63, 3.8) is 0 Å². The number of carbonyl (C=O) groups is 2. The highest BCUT2D eigenvalue weighted by atomic mass is 16.7. The molecule has 1 heterocycles. The van der Waals surface area contributed by atoms with Crippen molar-refractivity contribution in [2.24, 2.45) is 0 Å². The molecule has 0 spiro atoms. The Kier molecular flexibility index (Phi) is 4.91. The third-order valence-electron chi connectivity index (χ3n) is 2.23. The Bertz CT molecular complexity index is 582. The average Bonchev–Trinajstić information content (AvgIpc) is 2.78. The maximum Gasteiger partial charge on any atom is 0.369 e. The van der Waals surface area contributed by atoms with Crippen molar-refractivity contribution in [2.45, 2.75) is 33.2 Å². The Morgan fingerprint density at radius 3 is 2.48 bits per heavy atom. The molecule has 1 aromatic rings. The lowest BCUT2D eigenvalue weighted by atomic mass is 10.1. The molecule has 0 unspecified atom stereocenters. The highest BCUT2D eigenvalue weighted by Gasteiger charge is 2.31. The fourth-order valence-corrected chi connectivity index (χ4v) is 1.47. The van der Waals surface area contributed by atoms with Crippen LogP contribution in [0.1, 0.15) is 54.3 Å². The van der Waals surface area contributed by atoms with Crippen LogP contribution in [0, 0.1) is 0 Å². The van der Waals surface area contributed by atoms with Crippen LogP contribution in [0.4, 0.5) is 0 Å². The molecule has 1 amide bonds. The van der Waals surface area contributed by atoms with E-state index in [2.05, 4.69) is 29.1 Å². The van der Waals surface area contributed by atoms with Gasteiger partial charge in [0.25, 0.3) is 5.91 Å². The van der Waals surface area contributed by atoms with Gasteiger partial charge < -0.3 is 14.7 Å². The van der Waals surface area contributed by atoms with E-state index in [9.17, 15) is 9.59 Å². The first-order valence-electron chi connectivity index (χ1n) is 6.23. The zero-order valence-corrected chi connectivity index (χ0v) is 12.6. The molecule has 21 heavy (non-hydrogen) atoms.